The number of nitrogens with one attached hydrogen (secondary N) is 3. The third kappa shape index (κ3) is 9.24. The van der Waals surface area contributed by atoms with E-state index in [9.17, 15) is 24.0 Å². The molecule has 0 aromatic rings. The minimum atomic E-state index is -1.32. The number of carboxylic acid groups (broad SMARTS) is 2. The molecule has 4 atom stereocenters. The molecule has 7 N–H and O–H groups in total. The van der Waals surface area contributed by atoms with E-state index in [0.29, 0.717) is 6.42 Å². The van der Waals surface area contributed by atoms with Crippen molar-refractivity contribution in [3.8, 4) is 0 Å². The molecule has 0 aliphatic heterocycles. The Labute approximate surface area is 161 Å². The van der Waals surface area contributed by atoms with Gasteiger partial charge in [-0.2, -0.15) is 12.6 Å². The van der Waals surface area contributed by atoms with Gasteiger partial charge in [-0.15, -0.1) is 0 Å². The first kappa shape index (κ1) is 24.7. The fraction of sp³-hybridized carbons (Fsp3) is 0.667. The highest BCUT2D eigenvalue weighted by Gasteiger charge is 2.29. The van der Waals surface area contributed by atoms with Crippen molar-refractivity contribution in [2.24, 2.45) is 11.7 Å². The minimum Gasteiger partial charge on any atom is -0.481 e. The van der Waals surface area contributed by atoms with E-state index in [2.05, 4.69) is 28.6 Å². The van der Waals surface area contributed by atoms with E-state index in [-0.39, 0.29) is 11.7 Å². The maximum Gasteiger partial charge on any atom is 0.327 e. The van der Waals surface area contributed by atoms with E-state index >= 15 is 0 Å². The van der Waals surface area contributed by atoms with Crippen LogP contribution in [0, 0.1) is 5.92 Å². The quantitative estimate of drug-likeness (QED) is 0.180. The van der Waals surface area contributed by atoms with Gasteiger partial charge in [0.1, 0.15) is 12.1 Å². The van der Waals surface area contributed by atoms with Gasteiger partial charge in [-0.3, -0.25) is 19.2 Å². The summed E-state index contributed by atoms with van der Waals surface area (Å²) in [5.41, 5.74) is 5.48. The van der Waals surface area contributed by atoms with E-state index in [1.165, 1.54) is 0 Å². The number of carbonyl (C=O) groups excluding carboxylic acids is 3. The van der Waals surface area contributed by atoms with Crippen LogP contribution in [0.2, 0.25) is 0 Å². The lowest BCUT2D eigenvalue weighted by Crippen LogP contribution is -2.56. The highest BCUT2D eigenvalue weighted by atomic mass is 32.1. The second kappa shape index (κ2) is 12.1. The van der Waals surface area contributed by atoms with Crippen molar-refractivity contribution in [3.63, 3.8) is 0 Å². The molecule has 0 aromatic carbocycles. The molecule has 0 aromatic heterocycles. The van der Waals surface area contributed by atoms with Crippen molar-refractivity contribution in [2.45, 2.75) is 44.8 Å². The van der Waals surface area contributed by atoms with Crippen molar-refractivity contribution in [1.29, 1.82) is 0 Å². The van der Waals surface area contributed by atoms with Gasteiger partial charge in [-0.05, 0) is 5.92 Å². The number of hydrogen-bond donors (Lipinski definition) is 7. The van der Waals surface area contributed by atoms with Crippen LogP contribution in [0.15, 0.2) is 0 Å². The van der Waals surface area contributed by atoms with Crippen molar-refractivity contribution in [2.75, 3.05) is 12.3 Å². The minimum absolute atomic E-state index is 0.123. The number of thiol groups is 1. The van der Waals surface area contributed by atoms with Gasteiger partial charge >= 0.3 is 11.9 Å². The van der Waals surface area contributed by atoms with Crippen LogP contribution in [0.25, 0.3) is 0 Å². The number of carbonyl (C=O) groups is 5. The first-order valence-corrected chi connectivity index (χ1v) is 8.85. The molecule has 0 rings (SSSR count). The Morgan fingerprint density at radius 2 is 1.67 bits per heavy atom. The van der Waals surface area contributed by atoms with Crippen LogP contribution in [-0.4, -0.2) is 70.3 Å². The van der Waals surface area contributed by atoms with Crippen molar-refractivity contribution in [1.82, 2.24) is 16.0 Å². The Kier molecular flexibility index (Phi) is 11.1. The average Bonchev–Trinajstić information content (AvgIpc) is 2.60. The average molecular weight is 406 g/mol. The molecular weight excluding hydrogens is 380 g/mol. The van der Waals surface area contributed by atoms with Gasteiger partial charge in [0.25, 0.3) is 0 Å². The second-order valence-corrected chi connectivity index (χ2v) is 6.30. The van der Waals surface area contributed by atoms with Crippen LogP contribution in [0.3, 0.4) is 0 Å². The fourth-order valence-corrected chi connectivity index (χ4v) is 2.20. The van der Waals surface area contributed by atoms with E-state index in [1.54, 1.807) is 13.8 Å². The van der Waals surface area contributed by atoms with E-state index in [0.717, 1.165) is 0 Å². The monoisotopic (exact) mass is 406 g/mol. The van der Waals surface area contributed by atoms with E-state index in [1.807, 2.05) is 0 Å². The summed E-state index contributed by atoms with van der Waals surface area (Å²) in [6.45, 7) is 2.97. The molecule has 11 nitrogen and oxygen atoms in total. The summed E-state index contributed by atoms with van der Waals surface area (Å²) in [7, 11) is 0. The van der Waals surface area contributed by atoms with Crippen LogP contribution in [0.5, 0.6) is 0 Å². The predicted octanol–water partition coefficient (Wildman–Crippen LogP) is -2.07. The Morgan fingerprint density at radius 3 is 2.11 bits per heavy atom. The standard InChI is InChI=1S/C15H26N4O7S/c1-3-7(2)12(19-13(23)8(16)4-11(21)22)14(24)17-5-10(20)18-9(6-27)15(25)26/h7-9,12,27H,3-6,16H2,1-2H3,(H,17,24)(H,18,20)(H,19,23)(H,21,22)(H,25,26). The topological polar surface area (TPSA) is 188 Å². The molecule has 4 unspecified atom stereocenters. The highest BCUT2D eigenvalue weighted by molar-refractivity contribution is 7.80. The Hall–Kier alpha value is -2.34. The number of carboxylic acids is 2. The number of aliphatic carboxylic acids is 2. The molecule has 0 spiro atoms. The lowest BCUT2D eigenvalue weighted by molar-refractivity contribution is -0.141. The molecular formula is C15H26N4O7S. The smallest absolute Gasteiger partial charge is 0.327 e. The molecule has 0 aliphatic rings. The lowest BCUT2D eigenvalue weighted by atomic mass is 9.97. The summed E-state index contributed by atoms with van der Waals surface area (Å²) in [6, 6.07) is -3.55. The van der Waals surface area contributed by atoms with Gasteiger partial charge in [0.15, 0.2) is 0 Å². The first-order valence-electron chi connectivity index (χ1n) is 8.21. The largest absolute Gasteiger partial charge is 0.481 e. The van der Waals surface area contributed by atoms with Gasteiger partial charge in [-0.1, -0.05) is 20.3 Å². The molecule has 27 heavy (non-hydrogen) atoms. The molecule has 0 heterocycles. The molecule has 0 radical (unpaired) electrons. The van der Waals surface area contributed by atoms with E-state index in [4.69, 9.17) is 15.9 Å². The van der Waals surface area contributed by atoms with Gasteiger partial charge in [0, 0.05) is 5.75 Å². The maximum absolute atomic E-state index is 12.3. The third-order valence-corrected chi connectivity index (χ3v) is 4.13. The molecule has 12 heteroatoms. The van der Waals surface area contributed by atoms with Crippen LogP contribution < -0.4 is 21.7 Å². The van der Waals surface area contributed by atoms with Gasteiger partial charge in [0.05, 0.1) is 19.0 Å². The Balaban J connectivity index is 4.84. The predicted molar refractivity (Wildman–Crippen MR) is 98.0 cm³/mol. The zero-order chi connectivity index (χ0) is 21.1. The van der Waals surface area contributed by atoms with Gasteiger partial charge in [0.2, 0.25) is 17.7 Å². The SMILES string of the molecule is CCC(C)C(NC(=O)C(N)CC(=O)O)C(=O)NCC(=O)NC(CS)C(=O)O. The molecule has 0 aliphatic carbocycles. The second-order valence-electron chi connectivity index (χ2n) is 5.93. The summed E-state index contributed by atoms with van der Waals surface area (Å²) in [6.07, 6.45) is -0.0805. The Morgan fingerprint density at radius 1 is 1.07 bits per heavy atom. The summed E-state index contributed by atoms with van der Waals surface area (Å²) < 4.78 is 0. The summed E-state index contributed by atoms with van der Waals surface area (Å²) >= 11 is 3.81. The number of amides is 3. The van der Waals surface area contributed by atoms with Crippen LogP contribution >= 0.6 is 12.6 Å². The van der Waals surface area contributed by atoms with Crippen molar-refractivity contribution >= 4 is 42.3 Å². The normalized spacial score (nSPS) is 15.0. The molecule has 0 bridgehead atoms. The van der Waals surface area contributed by atoms with Crippen LogP contribution in [0.1, 0.15) is 26.7 Å². The fourth-order valence-electron chi connectivity index (χ4n) is 1.95. The van der Waals surface area contributed by atoms with Crippen molar-refractivity contribution in [3.05, 3.63) is 0 Å². The summed E-state index contributed by atoms with van der Waals surface area (Å²) in [5.74, 6) is -5.17. The van der Waals surface area contributed by atoms with Crippen LogP contribution in [-0.2, 0) is 24.0 Å². The molecule has 0 saturated carbocycles. The van der Waals surface area contributed by atoms with Gasteiger partial charge in [-0.25, -0.2) is 4.79 Å². The zero-order valence-electron chi connectivity index (χ0n) is 15.1. The van der Waals surface area contributed by atoms with Crippen molar-refractivity contribution < 1.29 is 34.2 Å². The molecule has 3 amide bonds. The highest BCUT2D eigenvalue weighted by Crippen LogP contribution is 2.08. The number of rotatable bonds is 12. The number of nitrogens with two attached hydrogens (primary N) is 1. The van der Waals surface area contributed by atoms with Gasteiger partial charge < -0.3 is 31.9 Å². The van der Waals surface area contributed by atoms with Crippen LogP contribution in [0.4, 0.5) is 0 Å². The summed E-state index contributed by atoms with van der Waals surface area (Å²) in [5, 5.41) is 24.4. The Bertz CT molecular complexity index is 572. The molecule has 154 valence electrons. The van der Waals surface area contributed by atoms with E-state index < -0.39 is 60.8 Å². The number of hydrogen-bond acceptors (Lipinski definition) is 7. The third-order valence-electron chi connectivity index (χ3n) is 3.76. The molecule has 0 saturated heterocycles. The zero-order valence-corrected chi connectivity index (χ0v) is 16.0. The lowest BCUT2D eigenvalue weighted by Gasteiger charge is -2.24. The maximum atomic E-state index is 12.3. The first-order chi connectivity index (χ1) is 12.5. The molecule has 0 fully saturated rings. The summed E-state index contributed by atoms with van der Waals surface area (Å²) in [4.78, 5) is 57.5.